The van der Waals surface area contributed by atoms with Gasteiger partial charge in [0.15, 0.2) is 0 Å². The molecule has 1 saturated carbocycles. The summed E-state index contributed by atoms with van der Waals surface area (Å²) in [5, 5.41) is 12.2. The van der Waals surface area contributed by atoms with Crippen LogP contribution in [0, 0.1) is 11.3 Å². The molecule has 0 aromatic heterocycles. The zero-order chi connectivity index (χ0) is 27.0. The van der Waals surface area contributed by atoms with Gasteiger partial charge in [0.1, 0.15) is 5.75 Å². The number of carbonyl (C=O) groups is 2. The number of benzene rings is 2. The first-order valence-electron chi connectivity index (χ1n) is 12.6. The molecule has 200 valence electrons. The van der Waals surface area contributed by atoms with E-state index in [1.165, 1.54) is 24.3 Å². The van der Waals surface area contributed by atoms with E-state index in [-0.39, 0.29) is 34.8 Å². The quantitative estimate of drug-likeness (QED) is 0.432. The largest absolute Gasteiger partial charge is 0.573 e. The maximum absolute atomic E-state index is 13.7. The Labute approximate surface area is 214 Å². The topological polar surface area (TPSA) is 78.9 Å². The van der Waals surface area contributed by atoms with E-state index in [1.807, 2.05) is 4.90 Å². The van der Waals surface area contributed by atoms with Crippen molar-refractivity contribution in [2.75, 3.05) is 5.32 Å². The summed E-state index contributed by atoms with van der Waals surface area (Å²) in [4.78, 5) is 27.0. The summed E-state index contributed by atoms with van der Waals surface area (Å²) >= 11 is 0. The van der Waals surface area contributed by atoms with Gasteiger partial charge >= 0.3 is 18.4 Å². The molecule has 37 heavy (non-hydrogen) atoms. The van der Waals surface area contributed by atoms with Gasteiger partial charge in [-0.2, -0.15) is 0 Å². The fourth-order valence-corrected chi connectivity index (χ4v) is 5.73. The predicted molar refractivity (Wildman–Crippen MR) is 134 cm³/mol. The minimum atomic E-state index is -4.79. The van der Waals surface area contributed by atoms with Crippen LogP contribution in [0.4, 0.5) is 23.7 Å². The molecule has 1 unspecified atom stereocenters. The molecular formula is C28H33F3N2O4. The number of halogens is 3. The molecule has 9 heteroatoms. The second kappa shape index (κ2) is 10.3. The molecule has 0 bridgehead atoms. The molecule has 2 aliphatic carbocycles. The number of aromatic carboxylic acids is 1. The number of aryl methyl sites for hydroxylation is 1. The number of urea groups is 1. The Balaban J connectivity index is 1.57. The van der Waals surface area contributed by atoms with Gasteiger partial charge in [-0.3, -0.25) is 0 Å². The van der Waals surface area contributed by atoms with Crippen LogP contribution >= 0.6 is 0 Å². The first kappa shape index (κ1) is 26.8. The Kier molecular flexibility index (Phi) is 7.44. The number of hydrogen-bond donors (Lipinski definition) is 2. The average molecular weight is 519 g/mol. The number of carbonyl (C=O) groups excluding carboxylic acids is 1. The van der Waals surface area contributed by atoms with Crippen LogP contribution < -0.4 is 10.1 Å². The molecule has 0 saturated heterocycles. The lowest BCUT2D eigenvalue weighted by molar-refractivity contribution is -0.274. The van der Waals surface area contributed by atoms with E-state index in [0.717, 1.165) is 36.8 Å². The van der Waals surface area contributed by atoms with Crippen molar-refractivity contribution in [2.45, 2.75) is 77.7 Å². The molecule has 2 amide bonds. The third-order valence-corrected chi connectivity index (χ3v) is 7.66. The fraction of sp³-hybridized carbons (Fsp3) is 0.500. The van der Waals surface area contributed by atoms with Crippen molar-refractivity contribution >= 4 is 17.7 Å². The van der Waals surface area contributed by atoms with E-state index in [9.17, 15) is 27.9 Å². The SMILES string of the molecule is CC(C)(C)[C@H]1CC[C@H](N(C(=O)Nc2ccc(OC(F)(F)F)cc2)C2CCc3cc(C(=O)O)ccc32)CC1. The van der Waals surface area contributed by atoms with E-state index in [1.54, 1.807) is 18.2 Å². The third-order valence-electron chi connectivity index (χ3n) is 7.66. The van der Waals surface area contributed by atoms with Gasteiger partial charge < -0.3 is 20.1 Å². The maximum atomic E-state index is 13.7. The van der Waals surface area contributed by atoms with Crippen LogP contribution in [0.25, 0.3) is 0 Å². The van der Waals surface area contributed by atoms with E-state index >= 15 is 0 Å². The number of anilines is 1. The standard InChI is InChI=1S/C28H33F3N2O4/c1-27(2,3)19-6-10-21(11-7-19)33(24-15-5-17-16-18(25(34)35)4-14-23(17)24)26(36)32-20-8-12-22(13-9-20)37-28(29,30)31/h4,8-9,12-14,16,19,21,24H,5-7,10-11,15H2,1-3H3,(H,32,36)(H,34,35)/t19-,21-,24?. The van der Waals surface area contributed by atoms with E-state index in [2.05, 4.69) is 30.8 Å². The molecule has 0 spiro atoms. The van der Waals surface area contributed by atoms with Gasteiger partial charge in [-0.05, 0) is 97.4 Å². The summed E-state index contributed by atoms with van der Waals surface area (Å²) in [7, 11) is 0. The summed E-state index contributed by atoms with van der Waals surface area (Å²) in [6, 6.07) is 9.65. The van der Waals surface area contributed by atoms with Gasteiger partial charge in [0.2, 0.25) is 0 Å². The van der Waals surface area contributed by atoms with Crippen molar-refractivity contribution in [3.05, 3.63) is 59.2 Å². The molecular weight excluding hydrogens is 485 g/mol. The van der Waals surface area contributed by atoms with Gasteiger partial charge in [-0.15, -0.1) is 13.2 Å². The van der Waals surface area contributed by atoms with Gasteiger partial charge in [0.05, 0.1) is 11.6 Å². The van der Waals surface area contributed by atoms with Gasteiger partial charge in [-0.1, -0.05) is 26.8 Å². The van der Waals surface area contributed by atoms with Crippen LogP contribution in [0.15, 0.2) is 42.5 Å². The van der Waals surface area contributed by atoms with Crippen molar-refractivity contribution in [1.82, 2.24) is 4.90 Å². The Morgan fingerprint density at radius 3 is 2.19 bits per heavy atom. The zero-order valence-electron chi connectivity index (χ0n) is 21.3. The lowest BCUT2D eigenvalue weighted by Crippen LogP contribution is -2.47. The number of carboxylic acid groups (broad SMARTS) is 1. The smallest absolute Gasteiger partial charge is 0.478 e. The van der Waals surface area contributed by atoms with Gasteiger partial charge in [-0.25, -0.2) is 9.59 Å². The number of nitrogens with zero attached hydrogens (tertiary/aromatic N) is 1. The number of hydrogen-bond acceptors (Lipinski definition) is 3. The van der Waals surface area contributed by atoms with Crippen LogP contribution in [0.5, 0.6) is 5.75 Å². The van der Waals surface area contributed by atoms with E-state index in [0.29, 0.717) is 24.4 Å². The van der Waals surface area contributed by atoms with Crippen LogP contribution in [-0.2, 0) is 6.42 Å². The summed E-state index contributed by atoms with van der Waals surface area (Å²) < 4.78 is 41.4. The highest BCUT2D eigenvalue weighted by Crippen LogP contribution is 2.44. The molecule has 2 aromatic carbocycles. The highest BCUT2D eigenvalue weighted by molar-refractivity contribution is 5.90. The number of ether oxygens (including phenoxy) is 1. The Morgan fingerprint density at radius 1 is 0.973 bits per heavy atom. The third kappa shape index (κ3) is 6.37. The Morgan fingerprint density at radius 2 is 1.62 bits per heavy atom. The molecule has 6 nitrogen and oxygen atoms in total. The van der Waals surface area contributed by atoms with Crippen LogP contribution in [0.3, 0.4) is 0 Å². The Bertz CT molecular complexity index is 1130. The molecule has 2 aliphatic rings. The number of nitrogens with one attached hydrogen (secondary N) is 1. The van der Waals surface area contributed by atoms with E-state index in [4.69, 9.17) is 0 Å². The summed E-state index contributed by atoms with van der Waals surface area (Å²) in [5.74, 6) is -0.787. The van der Waals surface area contributed by atoms with Crippen molar-refractivity contribution in [3.63, 3.8) is 0 Å². The fourth-order valence-electron chi connectivity index (χ4n) is 5.73. The number of fused-ring (bicyclic) bond motifs is 1. The van der Waals surface area contributed by atoms with Crippen LogP contribution in [-0.4, -0.2) is 34.4 Å². The monoisotopic (exact) mass is 518 g/mol. The second-order valence-electron chi connectivity index (χ2n) is 11.1. The summed E-state index contributed by atoms with van der Waals surface area (Å²) in [6.07, 6.45) is 0.274. The molecule has 1 atom stereocenters. The summed E-state index contributed by atoms with van der Waals surface area (Å²) in [5.41, 5.74) is 2.66. The second-order valence-corrected chi connectivity index (χ2v) is 11.1. The van der Waals surface area contributed by atoms with Crippen molar-refractivity contribution in [3.8, 4) is 5.75 Å². The van der Waals surface area contributed by atoms with Crippen molar-refractivity contribution in [1.29, 1.82) is 0 Å². The van der Waals surface area contributed by atoms with Crippen LogP contribution in [0.2, 0.25) is 0 Å². The van der Waals surface area contributed by atoms with Gasteiger partial charge in [0.25, 0.3) is 0 Å². The first-order chi connectivity index (χ1) is 17.3. The van der Waals surface area contributed by atoms with Gasteiger partial charge in [0, 0.05) is 11.7 Å². The van der Waals surface area contributed by atoms with Crippen molar-refractivity contribution in [2.24, 2.45) is 11.3 Å². The maximum Gasteiger partial charge on any atom is 0.573 e. The zero-order valence-corrected chi connectivity index (χ0v) is 21.3. The molecule has 1 fully saturated rings. The Hall–Kier alpha value is -3.23. The number of alkyl halides is 3. The average Bonchev–Trinajstić information content (AvgIpc) is 3.22. The molecule has 0 radical (unpaired) electrons. The first-order valence-corrected chi connectivity index (χ1v) is 12.6. The van der Waals surface area contributed by atoms with Crippen LogP contribution in [0.1, 0.15) is 80.4 Å². The molecule has 0 aliphatic heterocycles. The van der Waals surface area contributed by atoms with Crippen molar-refractivity contribution < 1.29 is 32.6 Å². The highest BCUT2D eigenvalue weighted by Gasteiger charge is 2.39. The summed E-state index contributed by atoms with van der Waals surface area (Å²) in [6.45, 7) is 6.71. The minimum absolute atomic E-state index is 0.00142. The number of amides is 2. The number of carboxylic acids is 1. The molecule has 0 heterocycles. The molecule has 2 aromatic rings. The van der Waals surface area contributed by atoms with E-state index < -0.39 is 12.3 Å². The normalized spacial score (nSPS) is 21.7. The lowest BCUT2D eigenvalue weighted by Gasteiger charge is -2.43. The highest BCUT2D eigenvalue weighted by atomic mass is 19.4. The lowest BCUT2D eigenvalue weighted by atomic mass is 9.71. The predicted octanol–water partition coefficient (Wildman–Crippen LogP) is 7.41. The minimum Gasteiger partial charge on any atom is -0.478 e. The molecule has 4 rings (SSSR count). The molecule has 2 N–H and O–H groups in total. The number of rotatable bonds is 5.